The van der Waals surface area contributed by atoms with Crippen LogP contribution in [-0.4, -0.2) is 36.0 Å². The summed E-state index contributed by atoms with van der Waals surface area (Å²) in [5.41, 5.74) is 6.18. The maximum absolute atomic E-state index is 13.8. The van der Waals surface area contributed by atoms with Gasteiger partial charge in [-0.3, -0.25) is 24.0 Å². The summed E-state index contributed by atoms with van der Waals surface area (Å²) in [4.78, 5) is 64.9. The highest BCUT2D eigenvalue weighted by atomic mass is 16.6. The molecule has 1 heterocycles. The van der Waals surface area contributed by atoms with Gasteiger partial charge in [0.1, 0.15) is 6.61 Å². The van der Waals surface area contributed by atoms with Crippen LogP contribution in [0.2, 0.25) is 0 Å². The zero-order valence-corrected chi connectivity index (χ0v) is 40.1. The maximum atomic E-state index is 13.8. The first-order valence-corrected chi connectivity index (χ1v) is 23.3. The fourth-order valence-electron chi connectivity index (χ4n) is 6.89. The number of carbonyl (C=O) groups is 5. The second kappa shape index (κ2) is 27.6. The van der Waals surface area contributed by atoms with Crippen LogP contribution in [0.4, 0.5) is 11.4 Å². The molecule has 0 spiro atoms. The average molecular weight is 940 g/mol. The molecule has 2 aliphatic carbocycles. The van der Waals surface area contributed by atoms with Crippen molar-refractivity contribution >= 4 is 40.8 Å². The van der Waals surface area contributed by atoms with Crippen LogP contribution in [0.3, 0.4) is 0 Å². The topological polar surface area (TPSA) is 158 Å². The highest BCUT2D eigenvalue weighted by Crippen LogP contribution is 2.37. The van der Waals surface area contributed by atoms with Crippen molar-refractivity contribution in [2.75, 3.05) is 17.2 Å². The van der Waals surface area contributed by atoms with E-state index in [1.54, 1.807) is 60.7 Å². The van der Waals surface area contributed by atoms with Gasteiger partial charge in [-0.15, -0.1) is 0 Å². The Morgan fingerprint density at radius 1 is 0.529 bits per heavy atom. The van der Waals surface area contributed by atoms with Crippen LogP contribution in [0.25, 0.3) is 0 Å². The molecule has 1 saturated heterocycles. The van der Waals surface area contributed by atoms with Gasteiger partial charge < -0.3 is 31.3 Å². The minimum absolute atomic E-state index is 0. The van der Waals surface area contributed by atoms with Crippen molar-refractivity contribution < 1.29 is 28.7 Å². The summed E-state index contributed by atoms with van der Waals surface area (Å²) in [6, 6.07) is 39.1. The molecule has 1 atom stereocenters. The molecule has 5 N–H and O–H groups in total. The largest absolute Gasteiger partial charge is 0.352 e. The van der Waals surface area contributed by atoms with E-state index < -0.39 is 23.4 Å². The van der Waals surface area contributed by atoms with E-state index >= 15 is 0 Å². The molecule has 4 amide bonds. The van der Waals surface area contributed by atoms with Gasteiger partial charge in [0.2, 0.25) is 0 Å². The van der Waals surface area contributed by atoms with Gasteiger partial charge in [0.15, 0.2) is 11.5 Å². The third-order valence-electron chi connectivity index (χ3n) is 10.5. The lowest BCUT2D eigenvalue weighted by Gasteiger charge is -2.16. The number of hydrogen-bond donors (Lipinski definition) is 5. The molecule has 0 saturated carbocycles. The van der Waals surface area contributed by atoms with Gasteiger partial charge in [-0.25, -0.2) is 0 Å². The normalized spacial score (nSPS) is 15.0. The van der Waals surface area contributed by atoms with Crippen molar-refractivity contribution in [2.24, 2.45) is 0 Å². The van der Waals surface area contributed by atoms with E-state index in [1.165, 1.54) is 18.2 Å². The van der Waals surface area contributed by atoms with Crippen molar-refractivity contribution in [1.29, 1.82) is 0 Å². The first-order chi connectivity index (χ1) is 33.6. The summed E-state index contributed by atoms with van der Waals surface area (Å²) in [7, 11) is 0. The number of benzene rings is 5. The lowest BCUT2D eigenvalue weighted by atomic mass is 10.0. The first-order valence-electron chi connectivity index (χ1n) is 23.3. The molecule has 0 aromatic heterocycles. The summed E-state index contributed by atoms with van der Waals surface area (Å²) >= 11 is 0. The monoisotopic (exact) mass is 939 g/mol. The van der Waals surface area contributed by atoms with E-state index in [9.17, 15) is 24.0 Å². The summed E-state index contributed by atoms with van der Waals surface area (Å²) in [5, 5.41) is 15.0. The summed E-state index contributed by atoms with van der Waals surface area (Å²) in [6.45, 7) is 12.4. The zero-order valence-electron chi connectivity index (χ0n) is 40.1. The highest BCUT2D eigenvalue weighted by Gasteiger charge is 2.46. The van der Waals surface area contributed by atoms with Crippen LogP contribution in [0.15, 0.2) is 205 Å². The van der Waals surface area contributed by atoms with Gasteiger partial charge in [-0.2, -0.15) is 0 Å². The molecule has 8 rings (SSSR count). The van der Waals surface area contributed by atoms with E-state index in [-0.39, 0.29) is 35.8 Å². The number of ketones is 1. The Kier molecular flexibility index (Phi) is 21.5. The summed E-state index contributed by atoms with van der Waals surface area (Å²) in [6.07, 6.45) is 16.7. The molecule has 3 aliphatic rings. The van der Waals surface area contributed by atoms with Gasteiger partial charge in [-0.1, -0.05) is 163 Å². The van der Waals surface area contributed by atoms with Crippen molar-refractivity contribution in [1.82, 2.24) is 16.0 Å². The maximum Gasteiger partial charge on any atom is 0.255 e. The molecule has 70 heavy (non-hydrogen) atoms. The van der Waals surface area contributed by atoms with Crippen molar-refractivity contribution in [3.63, 3.8) is 0 Å². The number of ether oxygens (including phenoxy) is 1. The Bertz CT molecular complexity index is 2770. The lowest BCUT2D eigenvalue weighted by Crippen LogP contribution is -2.29. The number of amides is 4. The van der Waals surface area contributed by atoms with Gasteiger partial charge in [0.25, 0.3) is 23.6 Å². The molecule has 11 heteroatoms. The fourth-order valence-corrected chi connectivity index (χ4v) is 6.89. The number of epoxide rings is 1. The molecule has 1 fully saturated rings. The van der Waals surface area contributed by atoms with E-state index in [0.29, 0.717) is 54.2 Å². The molecule has 11 nitrogen and oxygen atoms in total. The van der Waals surface area contributed by atoms with Gasteiger partial charge in [0, 0.05) is 74.7 Å². The quantitative estimate of drug-likeness (QED) is 0.0581. The highest BCUT2D eigenvalue weighted by molar-refractivity contribution is 6.10. The van der Waals surface area contributed by atoms with Gasteiger partial charge in [0.05, 0.1) is 0 Å². The zero-order chi connectivity index (χ0) is 49.6. The van der Waals surface area contributed by atoms with Crippen molar-refractivity contribution in [3.05, 3.63) is 238 Å². The number of nitrogens with one attached hydrogen (secondary N) is 5. The minimum atomic E-state index is -0.585. The number of hydrogen-bond acceptors (Lipinski definition) is 7. The molecular formula is C59H65N5O6. The fraction of sp³-hybridized carbons (Fsp3) is 0.203. The first kappa shape index (κ1) is 54.5. The number of rotatable bonds is 13. The van der Waals surface area contributed by atoms with E-state index in [4.69, 9.17) is 4.74 Å². The second-order valence-corrected chi connectivity index (χ2v) is 15.5. The molecule has 362 valence electrons. The number of anilines is 2. The molecule has 1 unspecified atom stereocenters. The molecular weight excluding hydrogens is 875 g/mol. The predicted molar refractivity (Wildman–Crippen MR) is 283 cm³/mol. The van der Waals surface area contributed by atoms with Crippen LogP contribution in [0.1, 0.15) is 126 Å². The SMILES string of the molecule is C.CC.CC.CC1=CC=CC(NC(=O)c2cc(C(=O)NC3=CC=CC(NC4(c5ccccc5)CO4)=CC3)cc(C(=O)Nc3cccc(NC(=O)c4ccccc4)c3)c2)=CC1.CCC(=O)c1ccccc1. The Morgan fingerprint density at radius 3 is 1.56 bits per heavy atom. The summed E-state index contributed by atoms with van der Waals surface area (Å²) in [5.74, 6) is -1.60. The third-order valence-corrected chi connectivity index (χ3v) is 10.5. The van der Waals surface area contributed by atoms with Crippen molar-refractivity contribution in [2.45, 2.75) is 74.0 Å². The van der Waals surface area contributed by atoms with Crippen LogP contribution in [-0.2, 0) is 10.5 Å². The van der Waals surface area contributed by atoms with Crippen LogP contribution in [0.5, 0.6) is 0 Å². The molecule has 0 radical (unpaired) electrons. The molecule has 0 bridgehead atoms. The van der Waals surface area contributed by atoms with Crippen molar-refractivity contribution in [3.8, 4) is 0 Å². The lowest BCUT2D eigenvalue weighted by molar-refractivity contribution is 0.0960. The Hall–Kier alpha value is -8.15. The Labute approximate surface area is 413 Å². The molecule has 5 aromatic rings. The van der Waals surface area contributed by atoms with Crippen LogP contribution >= 0.6 is 0 Å². The predicted octanol–water partition coefficient (Wildman–Crippen LogP) is 12.6. The third kappa shape index (κ3) is 16.0. The second-order valence-electron chi connectivity index (χ2n) is 15.5. The Morgan fingerprint density at radius 2 is 1.00 bits per heavy atom. The number of carbonyl (C=O) groups excluding carboxylic acids is 5. The summed E-state index contributed by atoms with van der Waals surface area (Å²) < 4.78 is 5.81. The van der Waals surface area contributed by atoms with Crippen LogP contribution < -0.4 is 26.6 Å². The van der Waals surface area contributed by atoms with E-state index in [1.807, 2.05) is 145 Å². The van der Waals surface area contributed by atoms with Gasteiger partial charge in [-0.05, 0) is 80.1 Å². The van der Waals surface area contributed by atoms with Crippen LogP contribution in [0, 0.1) is 0 Å². The standard InChI is InChI=1S/C45H39N5O5.C9H10O.2C2H6.CH4/c1-30-11-8-16-36(22-21-30)46-42(52)32-25-33(43(53)47-37-17-9-18-38(24-23-37)50-45(29-55-45)35-14-6-3-7-15-35)27-34(26-32)44(54)49-40-20-10-19-39(28-40)48-41(51)31-12-4-2-5-13-31;1-2-9(10)8-6-4-3-5-7-8;2*1-2;/h2-20,22,24-28,50H,21,23,29H2,1H3,(H,46,52)(H,47,53)(H,48,51)(H,49,54);3-7H,2H2,1H3;2*1-2H3;1H4. The van der Waals surface area contributed by atoms with Gasteiger partial charge >= 0.3 is 0 Å². The average Bonchev–Trinajstić information content (AvgIpc) is 4.24. The van der Waals surface area contributed by atoms with E-state index in [2.05, 4.69) is 26.6 Å². The Balaban J connectivity index is 0.000000622. The minimum Gasteiger partial charge on any atom is -0.352 e. The smallest absolute Gasteiger partial charge is 0.255 e. The molecule has 1 aliphatic heterocycles. The molecule has 5 aromatic carbocycles. The number of Topliss-reactive ketones (excluding diaryl/α,β-unsaturated/α-hetero) is 1. The van der Waals surface area contributed by atoms with E-state index in [0.717, 1.165) is 22.4 Å². The number of allylic oxidation sites excluding steroid dienone is 9.